The first kappa shape index (κ1) is 12.4. The number of benzene rings is 1. The molecule has 0 unspecified atom stereocenters. The molecule has 3 nitrogen and oxygen atoms in total. The van der Waals surface area contributed by atoms with E-state index in [4.69, 9.17) is 9.47 Å². The zero-order valence-corrected chi connectivity index (χ0v) is 11.9. The molecule has 0 fully saturated rings. The fraction of sp³-hybridized carbons (Fsp3) is 0.462. The number of hydrogen-bond donors (Lipinski definition) is 0. The van der Waals surface area contributed by atoms with Gasteiger partial charge in [-0.05, 0) is 41.3 Å². The second kappa shape index (κ2) is 5.08. The molecule has 4 heteroatoms. The predicted octanol–water partition coefficient (Wildman–Crippen LogP) is 3.22. The SMILES string of the molecule is CC/N=C1\CCc2c(Br)c(OC)cc(OC)c21. The summed E-state index contributed by atoms with van der Waals surface area (Å²) in [6, 6.07) is 1.92. The third kappa shape index (κ3) is 2.06. The van der Waals surface area contributed by atoms with E-state index in [1.165, 1.54) is 5.56 Å². The lowest BCUT2D eigenvalue weighted by Gasteiger charge is -2.13. The van der Waals surface area contributed by atoms with Gasteiger partial charge in [0.05, 0.1) is 18.7 Å². The lowest BCUT2D eigenvalue weighted by Crippen LogP contribution is -2.01. The molecular weight excluding hydrogens is 282 g/mol. The molecule has 0 atom stereocenters. The van der Waals surface area contributed by atoms with Crippen molar-refractivity contribution in [3.63, 3.8) is 0 Å². The van der Waals surface area contributed by atoms with Crippen LogP contribution in [-0.4, -0.2) is 26.5 Å². The summed E-state index contributed by atoms with van der Waals surface area (Å²) in [5.74, 6) is 1.67. The summed E-state index contributed by atoms with van der Waals surface area (Å²) in [5, 5.41) is 0. The maximum absolute atomic E-state index is 5.45. The van der Waals surface area contributed by atoms with Crippen LogP contribution in [0.15, 0.2) is 15.5 Å². The molecule has 17 heavy (non-hydrogen) atoms. The highest BCUT2D eigenvalue weighted by atomic mass is 79.9. The van der Waals surface area contributed by atoms with Gasteiger partial charge in [0.1, 0.15) is 11.5 Å². The minimum atomic E-state index is 0.807. The van der Waals surface area contributed by atoms with Crippen molar-refractivity contribution in [2.75, 3.05) is 20.8 Å². The Morgan fingerprint density at radius 3 is 2.53 bits per heavy atom. The number of fused-ring (bicyclic) bond motifs is 1. The van der Waals surface area contributed by atoms with Crippen LogP contribution < -0.4 is 9.47 Å². The first-order chi connectivity index (χ1) is 8.22. The van der Waals surface area contributed by atoms with Crippen LogP contribution >= 0.6 is 15.9 Å². The number of methoxy groups -OCH3 is 2. The first-order valence-electron chi connectivity index (χ1n) is 5.70. The van der Waals surface area contributed by atoms with Crippen LogP contribution in [0.3, 0.4) is 0 Å². The molecular formula is C13H16BrNO2. The Hall–Kier alpha value is -1.03. The lowest BCUT2D eigenvalue weighted by molar-refractivity contribution is 0.391. The Balaban J connectivity index is 2.63. The quantitative estimate of drug-likeness (QED) is 0.858. The molecule has 0 spiro atoms. The van der Waals surface area contributed by atoms with Gasteiger partial charge in [-0.25, -0.2) is 0 Å². The van der Waals surface area contributed by atoms with Gasteiger partial charge in [-0.15, -0.1) is 0 Å². The third-order valence-electron chi connectivity index (χ3n) is 2.98. The largest absolute Gasteiger partial charge is 0.496 e. The summed E-state index contributed by atoms with van der Waals surface area (Å²) in [6.07, 6.45) is 1.97. The molecule has 1 aliphatic rings. The average Bonchev–Trinajstić information content (AvgIpc) is 2.75. The fourth-order valence-corrected chi connectivity index (χ4v) is 2.91. The van der Waals surface area contributed by atoms with E-state index in [2.05, 4.69) is 27.8 Å². The van der Waals surface area contributed by atoms with Gasteiger partial charge < -0.3 is 9.47 Å². The third-order valence-corrected chi connectivity index (χ3v) is 3.85. The zero-order valence-electron chi connectivity index (χ0n) is 10.3. The molecule has 0 heterocycles. The lowest BCUT2D eigenvalue weighted by atomic mass is 10.1. The van der Waals surface area contributed by atoms with E-state index in [1.54, 1.807) is 14.2 Å². The molecule has 0 saturated carbocycles. The van der Waals surface area contributed by atoms with Crippen LogP contribution in [0.4, 0.5) is 0 Å². The summed E-state index contributed by atoms with van der Waals surface area (Å²) in [7, 11) is 3.35. The number of rotatable bonds is 3. The number of nitrogens with zero attached hydrogens (tertiary/aromatic N) is 1. The molecule has 0 saturated heterocycles. The second-order valence-electron chi connectivity index (χ2n) is 3.87. The summed E-state index contributed by atoms with van der Waals surface area (Å²) in [6.45, 7) is 2.86. The minimum absolute atomic E-state index is 0.807. The van der Waals surface area contributed by atoms with E-state index in [-0.39, 0.29) is 0 Å². The van der Waals surface area contributed by atoms with Gasteiger partial charge in [-0.3, -0.25) is 4.99 Å². The second-order valence-corrected chi connectivity index (χ2v) is 4.66. The van der Waals surface area contributed by atoms with Crippen LogP contribution in [0.2, 0.25) is 0 Å². The summed E-state index contributed by atoms with van der Waals surface area (Å²) in [4.78, 5) is 4.55. The van der Waals surface area contributed by atoms with Gasteiger partial charge in [0.25, 0.3) is 0 Å². The molecule has 1 aromatic rings. The summed E-state index contributed by atoms with van der Waals surface area (Å²) < 4.78 is 11.8. The maximum Gasteiger partial charge on any atom is 0.137 e. The van der Waals surface area contributed by atoms with Crippen LogP contribution in [0.5, 0.6) is 11.5 Å². The molecule has 0 bridgehead atoms. The molecule has 1 aliphatic carbocycles. The van der Waals surface area contributed by atoms with Crippen molar-refractivity contribution < 1.29 is 9.47 Å². The van der Waals surface area contributed by atoms with E-state index < -0.39 is 0 Å². The Morgan fingerprint density at radius 1 is 1.24 bits per heavy atom. The van der Waals surface area contributed by atoms with Gasteiger partial charge in [0.15, 0.2) is 0 Å². The van der Waals surface area contributed by atoms with Crippen LogP contribution in [0.25, 0.3) is 0 Å². The van der Waals surface area contributed by atoms with E-state index in [1.807, 2.05) is 6.07 Å². The van der Waals surface area contributed by atoms with Crippen molar-refractivity contribution in [3.05, 3.63) is 21.7 Å². The average molecular weight is 298 g/mol. The molecule has 2 rings (SSSR count). The number of hydrogen-bond acceptors (Lipinski definition) is 3. The zero-order chi connectivity index (χ0) is 12.4. The molecule has 0 aliphatic heterocycles. The molecule has 0 amide bonds. The maximum atomic E-state index is 5.45. The van der Waals surface area contributed by atoms with Gasteiger partial charge in [0.2, 0.25) is 0 Å². The van der Waals surface area contributed by atoms with Gasteiger partial charge in [-0.2, -0.15) is 0 Å². The molecule has 92 valence electrons. The van der Waals surface area contributed by atoms with Gasteiger partial charge in [-0.1, -0.05) is 0 Å². The fourth-order valence-electron chi connectivity index (χ4n) is 2.24. The Bertz CT molecular complexity index is 469. The van der Waals surface area contributed by atoms with Crippen LogP contribution in [0.1, 0.15) is 24.5 Å². The molecule has 0 radical (unpaired) electrons. The molecule has 0 N–H and O–H groups in total. The molecule has 1 aromatic carbocycles. The van der Waals surface area contributed by atoms with Crippen molar-refractivity contribution in [1.82, 2.24) is 0 Å². The highest BCUT2D eigenvalue weighted by Crippen LogP contribution is 2.42. The van der Waals surface area contributed by atoms with Crippen molar-refractivity contribution in [2.45, 2.75) is 19.8 Å². The first-order valence-corrected chi connectivity index (χ1v) is 6.49. The van der Waals surface area contributed by atoms with Crippen molar-refractivity contribution in [2.24, 2.45) is 4.99 Å². The van der Waals surface area contributed by atoms with E-state index in [9.17, 15) is 0 Å². The predicted molar refractivity (Wildman–Crippen MR) is 72.6 cm³/mol. The minimum Gasteiger partial charge on any atom is -0.496 e. The highest BCUT2D eigenvalue weighted by Gasteiger charge is 2.26. The van der Waals surface area contributed by atoms with E-state index >= 15 is 0 Å². The molecule has 0 aromatic heterocycles. The standard InChI is InChI=1S/C13H16BrNO2/c1-4-15-9-6-5-8-12(9)10(16-2)7-11(17-3)13(8)14/h7H,4-6H2,1-3H3/b15-9+. The number of aliphatic imine (C=N–C) groups is 1. The summed E-state index contributed by atoms with van der Waals surface area (Å²) in [5.41, 5.74) is 3.53. The monoisotopic (exact) mass is 297 g/mol. The number of ether oxygens (including phenoxy) is 2. The normalized spacial score (nSPS) is 16.1. The van der Waals surface area contributed by atoms with E-state index in [0.717, 1.165) is 46.6 Å². The van der Waals surface area contributed by atoms with Crippen LogP contribution in [0, 0.1) is 0 Å². The van der Waals surface area contributed by atoms with Gasteiger partial charge in [0, 0.05) is 23.9 Å². The summed E-state index contributed by atoms with van der Waals surface area (Å²) >= 11 is 3.60. The highest BCUT2D eigenvalue weighted by molar-refractivity contribution is 9.10. The van der Waals surface area contributed by atoms with E-state index in [0.29, 0.717) is 0 Å². The Morgan fingerprint density at radius 2 is 1.94 bits per heavy atom. The van der Waals surface area contributed by atoms with Crippen molar-refractivity contribution in [3.8, 4) is 11.5 Å². The van der Waals surface area contributed by atoms with Crippen molar-refractivity contribution >= 4 is 21.6 Å². The smallest absolute Gasteiger partial charge is 0.137 e. The topological polar surface area (TPSA) is 30.8 Å². The van der Waals surface area contributed by atoms with Gasteiger partial charge >= 0.3 is 0 Å². The Labute approximate surface area is 110 Å². The van der Waals surface area contributed by atoms with Crippen LogP contribution in [-0.2, 0) is 6.42 Å². The number of halogens is 1. The Kier molecular flexibility index (Phi) is 3.72. The van der Waals surface area contributed by atoms with Crippen molar-refractivity contribution in [1.29, 1.82) is 0 Å².